The number of fused-ring (bicyclic) bond motifs is 2. The van der Waals surface area contributed by atoms with Crippen LogP contribution in [0.4, 0.5) is 0 Å². The molecule has 7 nitrogen and oxygen atoms in total. The van der Waals surface area contributed by atoms with Gasteiger partial charge in [-0.15, -0.1) is 0 Å². The van der Waals surface area contributed by atoms with Crippen LogP contribution < -0.4 is 10.6 Å². The minimum atomic E-state index is -2.80. The van der Waals surface area contributed by atoms with E-state index in [4.69, 9.17) is 4.74 Å². The summed E-state index contributed by atoms with van der Waals surface area (Å²) in [5, 5.41) is 6.79. The summed E-state index contributed by atoms with van der Waals surface area (Å²) in [6.07, 6.45) is 4.16. The number of ether oxygens (including phenoxy) is 1. The molecule has 3 saturated heterocycles. The third-order valence-corrected chi connectivity index (χ3v) is 6.50. The Morgan fingerprint density at radius 3 is 2.70 bits per heavy atom. The highest BCUT2D eigenvalue weighted by Gasteiger charge is 2.41. The first-order chi connectivity index (χ1) is 11.1. The van der Waals surface area contributed by atoms with Crippen LogP contribution in [0, 0.1) is 0 Å². The van der Waals surface area contributed by atoms with E-state index in [1.807, 2.05) is 0 Å². The van der Waals surface area contributed by atoms with Crippen molar-refractivity contribution >= 4 is 15.8 Å². The fourth-order valence-electron chi connectivity index (χ4n) is 3.56. The van der Waals surface area contributed by atoms with Crippen molar-refractivity contribution in [3.05, 3.63) is 0 Å². The van der Waals surface area contributed by atoms with E-state index in [1.165, 1.54) is 6.42 Å². The Balaban J connectivity index is 1.45. The second kappa shape index (κ2) is 7.36. The normalized spacial score (nSPS) is 33.8. The van der Waals surface area contributed by atoms with Crippen LogP contribution in [0.2, 0.25) is 0 Å². The molecule has 0 aromatic heterocycles. The minimum Gasteiger partial charge on any atom is -0.373 e. The van der Waals surface area contributed by atoms with Gasteiger partial charge in [-0.2, -0.15) is 0 Å². The number of hydrogen-bond acceptors (Lipinski definition) is 5. The Kier molecular flexibility index (Phi) is 5.43. The Bertz CT molecular complexity index is 523. The van der Waals surface area contributed by atoms with Gasteiger partial charge in [0.2, 0.25) is 0 Å². The summed E-state index contributed by atoms with van der Waals surface area (Å²) in [5.41, 5.74) is 0. The van der Waals surface area contributed by atoms with E-state index in [1.54, 1.807) is 0 Å². The average molecular weight is 344 g/mol. The van der Waals surface area contributed by atoms with Gasteiger partial charge >= 0.3 is 0 Å². The molecule has 3 rings (SSSR count). The lowest BCUT2D eigenvalue weighted by Crippen LogP contribution is -2.48. The molecule has 0 spiro atoms. The summed E-state index contributed by atoms with van der Waals surface area (Å²) in [6, 6.07) is 0.367. The Labute approximate surface area is 138 Å². The molecule has 3 aliphatic rings. The third kappa shape index (κ3) is 4.58. The summed E-state index contributed by atoms with van der Waals surface area (Å²) in [6.45, 7) is 5.62. The maximum Gasteiger partial charge on any atom is 0.191 e. The zero-order chi connectivity index (χ0) is 16.3. The standard InChI is InChI=1S/C15H28N4O3S/c1-2-16-15(18-13-11-12-3-4-14(13)22-12)17-5-6-19-7-9-23(20,21)10-8-19/h12-14H,2-11H2,1H3,(H2,16,17,18). The van der Waals surface area contributed by atoms with Crippen molar-refractivity contribution in [1.29, 1.82) is 0 Å². The number of sulfone groups is 1. The van der Waals surface area contributed by atoms with Crippen LogP contribution in [-0.2, 0) is 14.6 Å². The molecular weight excluding hydrogens is 316 g/mol. The predicted octanol–water partition coefficient (Wildman–Crippen LogP) is -0.408. The lowest BCUT2D eigenvalue weighted by molar-refractivity contribution is 0.0992. The molecule has 23 heavy (non-hydrogen) atoms. The van der Waals surface area contributed by atoms with Crippen LogP contribution in [0.5, 0.6) is 0 Å². The number of aliphatic imine (C=N–C) groups is 1. The Hall–Kier alpha value is -0.860. The van der Waals surface area contributed by atoms with E-state index in [2.05, 4.69) is 27.4 Å². The number of hydrogen-bond donors (Lipinski definition) is 2. The molecule has 0 saturated carbocycles. The summed E-state index contributed by atoms with van der Waals surface area (Å²) in [7, 11) is -2.80. The van der Waals surface area contributed by atoms with Gasteiger partial charge in [0.15, 0.2) is 15.8 Å². The minimum absolute atomic E-state index is 0.275. The maximum absolute atomic E-state index is 11.4. The molecule has 8 heteroatoms. The van der Waals surface area contributed by atoms with Crippen LogP contribution in [0.25, 0.3) is 0 Å². The number of nitrogens with zero attached hydrogens (tertiary/aromatic N) is 2. The molecule has 0 aromatic carbocycles. The van der Waals surface area contributed by atoms with E-state index in [-0.39, 0.29) is 11.5 Å². The molecule has 3 fully saturated rings. The highest BCUT2D eigenvalue weighted by molar-refractivity contribution is 7.91. The SMILES string of the molecule is CCNC(=NCCN1CCS(=O)(=O)CC1)NC1CC2CCC1O2. The molecule has 0 radical (unpaired) electrons. The van der Waals surface area contributed by atoms with Crippen molar-refractivity contribution in [1.82, 2.24) is 15.5 Å². The molecule has 3 heterocycles. The molecule has 0 amide bonds. The Morgan fingerprint density at radius 2 is 2.09 bits per heavy atom. The van der Waals surface area contributed by atoms with Gasteiger partial charge in [-0.25, -0.2) is 8.42 Å². The van der Waals surface area contributed by atoms with Crippen LogP contribution >= 0.6 is 0 Å². The molecule has 3 atom stereocenters. The van der Waals surface area contributed by atoms with Gasteiger partial charge in [0.05, 0.1) is 36.3 Å². The van der Waals surface area contributed by atoms with Crippen LogP contribution in [0.3, 0.4) is 0 Å². The van der Waals surface area contributed by atoms with Gasteiger partial charge in [-0.1, -0.05) is 0 Å². The van der Waals surface area contributed by atoms with Crippen molar-refractivity contribution in [2.75, 3.05) is 44.2 Å². The summed E-state index contributed by atoms with van der Waals surface area (Å²) < 4.78 is 28.7. The first kappa shape index (κ1) is 17.0. The second-order valence-electron chi connectivity index (χ2n) is 6.61. The molecular formula is C15H28N4O3S. The van der Waals surface area contributed by atoms with Gasteiger partial charge in [0, 0.05) is 26.2 Å². The number of rotatable bonds is 5. The zero-order valence-corrected chi connectivity index (χ0v) is 14.6. The average Bonchev–Trinajstić information content (AvgIpc) is 3.12. The molecule has 0 aliphatic carbocycles. The van der Waals surface area contributed by atoms with Gasteiger partial charge in [0.1, 0.15) is 0 Å². The number of nitrogens with one attached hydrogen (secondary N) is 2. The topological polar surface area (TPSA) is 83.0 Å². The van der Waals surface area contributed by atoms with E-state index >= 15 is 0 Å². The maximum atomic E-state index is 11.4. The van der Waals surface area contributed by atoms with Crippen LogP contribution in [0.1, 0.15) is 26.2 Å². The molecule has 2 bridgehead atoms. The van der Waals surface area contributed by atoms with Gasteiger partial charge < -0.3 is 15.4 Å². The van der Waals surface area contributed by atoms with E-state index in [0.717, 1.165) is 31.9 Å². The Morgan fingerprint density at radius 1 is 1.30 bits per heavy atom. The second-order valence-corrected chi connectivity index (χ2v) is 8.92. The molecule has 2 N–H and O–H groups in total. The zero-order valence-electron chi connectivity index (χ0n) is 13.8. The lowest BCUT2D eigenvalue weighted by atomic mass is 9.96. The van der Waals surface area contributed by atoms with Gasteiger partial charge in [-0.3, -0.25) is 9.89 Å². The first-order valence-electron chi connectivity index (χ1n) is 8.69. The van der Waals surface area contributed by atoms with Crippen LogP contribution in [-0.4, -0.2) is 81.8 Å². The lowest BCUT2D eigenvalue weighted by Gasteiger charge is -2.26. The van der Waals surface area contributed by atoms with E-state index < -0.39 is 9.84 Å². The van der Waals surface area contributed by atoms with Crippen molar-refractivity contribution in [3.63, 3.8) is 0 Å². The van der Waals surface area contributed by atoms with Crippen molar-refractivity contribution < 1.29 is 13.2 Å². The van der Waals surface area contributed by atoms with Gasteiger partial charge in [0.25, 0.3) is 0 Å². The third-order valence-electron chi connectivity index (χ3n) is 4.90. The summed E-state index contributed by atoms with van der Waals surface area (Å²) in [4.78, 5) is 6.81. The van der Waals surface area contributed by atoms with Crippen molar-refractivity contribution in [2.45, 2.75) is 44.4 Å². The fourth-order valence-corrected chi connectivity index (χ4v) is 4.84. The molecule has 3 aliphatic heterocycles. The van der Waals surface area contributed by atoms with Crippen LogP contribution in [0.15, 0.2) is 4.99 Å². The van der Waals surface area contributed by atoms with Crippen molar-refractivity contribution in [3.8, 4) is 0 Å². The monoisotopic (exact) mass is 344 g/mol. The highest BCUT2D eigenvalue weighted by atomic mass is 32.2. The largest absolute Gasteiger partial charge is 0.373 e. The first-order valence-corrected chi connectivity index (χ1v) is 10.5. The summed E-state index contributed by atoms with van der Waals surface area (Å²) >= 11 is 0. The smallest absolute Gasteiger partial charge is 0.191 e. The number of guanidine groups is 1. The summed E-state index contributed by atoms with van der Waals surface area (Å²) in [5.74, 6) is 1.40. The van der Waals surface area contributed by atoms with Gasteiger partial charge in [-0.05, 0) is 26.2 Å². The molecule has 132 valence electrons. The van der Waals surface area contributed by atoms with E-state index in [9.17, 15) is 8.42 Å². The molecule has 0 aromatic rings. The molecule has 3 unspecified atom stereocenters. The quantitative estimate of drug-likeness (QED) is 0.521. The van der Waals surface area contributed by atoms with E-state index in [0.29, 0.717) is 37.9 Å². The van der Waals surface area contributed by atoms with Crippen molar-refractivity contribution in [2.24, 2.45) is 4.99 Å². The predicted molar refractivity (Wildman–Crippen MR) is 90.5 cm³/mol. The fraction of sp³-hybridized carbons (Fsp3) is 0.933. The highest BCUT2D eigenvalue weighted by Crippen LogP contribution is 2.34.